The fraction of sp³-hybridized carbons (Fsp3) is 0.500. The molecule has 2 heteroatoms. The largest absolute Gasteiger partial charge is 0.497 e. The predicted octanol–water partition coefficient (Wildman–Crippen LogP) is 2.63. The smallest absolute Gasteiger partial charge is 0.143 e. The van der Waals surface area contributed by atoms with Gasteiger partial charge < -0.3 is 4.74 Å². The van der Waals surface area contributed by atoms with Crippen molar-refractivity contribution in [2.75, 3.05) is 7.11 Å². The average Bonchev–Trinajstić information content (AvgIpc) is 2.35. The molecule has 3 rings (SSSR count). The van der Waals surface area contributed by atoms with Gasteiger partial charge in [0.15, 0.2) is 0 Å². The normalized spacial score (nSPS) is 27.4. The lowest BCUT2D eigenvalue weighted by Crippen LogP contribution is -2.47. The number of carbonyl (C=O) groups is 1. The summed E-state index contributed by atoms with van der Waals surface area (Å²) in [5.41, 5.74) is 2.46. The molecule has 1 saturated carbocycles. The molecule has 0 unspecified atom stereocenters. The molecule has 0 bridgehead atoms. The molecule has 0 radical (unpaired) electrons. The van der Waals surface area contributed by atoms with Gasteiger partial charge in [-0.3, -0.25) is 4.79 Å². The molecule has 0 aromatic heterocycles. The first-order chi connectivity index (χ1) is 7.76. The highest BCUT2D eigenvalue weighted by Crippen LogP contribution is 2.49. The van der Waals surface area contributed by atoms with Crippen LogP contribution >= 0.6 is 0 Å². The maximum Gasteiger partial charge on any atom is 0.143 e. The van der Waals surface area contributed by atoms with Crippen LogP contribution in [0.3, 0.4) is 0 Å². The summed E-state index contributed by atoms with van der Waals surface area (Å²) in [4.78, 5) is 11.9. The first-order valence-electron chi connectivity index (χ1n) is 5.97. The summed E-state index contributed by atoms with van der Waals surface area (Å²) in [5, 5.41) is 0. The monoisotopic (exact) mass is 216 g/mol. The van der Waals surface area contributed by atoms with E-state index in [1.54, 1.807) is 7.11 Å². The van der Waals surface area contributed by atoms with Gasteiger partial charge in [-0.25, -0.2) is 0 Å². The van der Waals surface area contributed by atoms with Crippen molar-refractivity contribution in [3.05, 3.63) is 29.3 Å². The van der Waals surface area contributed by atoms with Crippen LogP contribution in [0.2, 0.25) is 0 Å². The molecule has 0 saturated heterocycles. The zero-order valence-electron chi connectivity index (χ0n) is 9.58. The van der Waals surface area contributed by atoms with Crippen LogP contribution in [-0.2, 0) is 16.6 Å². The molecule has 1 spiro atoms. The molecule has 0 aliphatic heterocycles. The number of Topliss-reactive ketones (excluding diaryl/α,β-unsaturated/α-hetero) is 1. The minimum absolute atomic E-state index is 0.137. The Morgan fingerprint density at radius 1 is 1.25 bits per heavy atom. The Bertz CT molecular complexity index is 450. The molecule has 1 atom stereocenters. The predicted molar refractivity (Wildman–Crippen MR) is 61.9 cm³/mol. The maximum absolute atomic E-state index is 11.9. The molecule has 1 aromatic rings. The molecular formula is C14H16O2. The van der Waals surface area contributed by atoms with Crippen molar-refractivity contribution in [3.8, 4) is 5.75 Å². The van der Waals surface area contributed by atoms with Crippen LogP contribution in [0.15, 0.2) is 18.2 Å². The van der Waals surface area contributed by atoms with Gasteiger partial charge in [0.1, 0.15) is 11.5 Å². The number of hydrogen-bond donors (Lipinski definition) is 0. The average molecular weight is 216 g/mol. The Morgan fingerprint density at radius 3 is 2.75 bits per heavy atom. The second-order valence-electron chi connectivity index (χ2n) is 4.88. The lowest BCUT2D eigenvalue weighted by Gasteiger charge is -2.44. The number of hydrogen-bond acceptors (Lipinski definition) is 2. The summed E-state index contributed by atoms with van der Waals surface area (Å²) in [5.74, 6) is 1.31. The van der Waals surface area contributed by atoms with Crippen molar-refractivity contribution in [1.29, 1.82) is 0 Å². The Balaban J connectivity index is 2.13. The van der Waals surface area contributed by atoms with Crippen LogP contribution in [0, 0.1) is 0 Å². The van der Waals surface area contributed by atoms with Crippen molar-refractivity contribution >= 4 is 5.78 Å². The minimum Gasteiger partial charge on any atom is -0.497 e. The highest BCUT2D eigenvalue weighted by molar-refractivity contribution is 5.96. The molecule has 1 fully saturated rings. The van der Waals surface area contributed by atoms with Gasteiger partial charge in [-0.2, -0.15) is 0 Å². The third-order valence-corrected chi connectivity index (χ3v) is 4.19. The highest BCUT2D eigenvalue weighted by atomic mass is 16.5. The number of rotatable bonds is 1. The van der Waals surface area contributed by atoms with Gasteiger partial charge in [-0.05, 0) is 48.9 Å². The fourth-order valence-corrected chi connectivity index (χ4v) is 3.14. The number of ketones is 1. The van der Waals surface area contributed by atoms with E-state index in [-0.39, 0.29) is 5.41 Å². The lowest BCUT2D eigenvalue weighted by molar-refractivity contribution is -0.132. The molecule has 84 valence electrons. The summed E-state index contributed by atoms with van der Waals surface area (Å²) in [6, 6.07) is 6.20. The van der Waals surface area contributed by atoms with E-state index in [4.69, 9.17) is 4.74 Å². The van der Waals surface area contributed by atoms with Crippen molar-refractivity contribution in [1.82, 2.24) is 0 Å². The first kappa shape index (κ1) is 9.88. The number of methoxy groups -OCH3 is 1. The second-order valence-corrected chi connectivity index (χ2v) is 4.88. The molecule has 2 aliphatic rings. The van der Waals surface area contributed by atoms with Crippen LogP contribution in [0.5, 0.6) is 5.75 Å². The molecule has 0 heterocycles. The van der Waals surface area contributed by atoms with E-state index in [0.29, 0.717) is 5.78 Å². The van der Waals surface area contributed by atoms with Gasteiger partial charge in [0.2, 0.25) is 0 Å². The number of fused-ring (bicyclic) bond motifs is 2. The van der Waals surface area contributed by atoms with Gasteiger partial charge in [0, 0.05) is 6.42 Å². The second kappa shape index (κ2) is 3.34. The van der Waals surface area contributed by atoms with Gasteiger partial charge in [0.05, 0.1) is 12.5 Å². The molecular weight excluding hydrogens is 200 g/mol. The van der Waals surface area contributed by atoms with Crippen molar-refractivity contribution in [2.24, 2.45) is 0 Å². The third-order valence-electron chi connectivity index (χ3n) is 4.19. The van der Waals surface area contributed by atoms with Gasteiger partial charge in [-0.15, -0.1) is 0 Å². The van der Waals surface area contributed by atoms with E-state index in [0.717, 1.165) is 37.9 Å². The Hall–Kier alpha value is -1.31. The van der Waals surface area contributed by atoms with E-state index in [1.165, 1.54) is 11.1 Å². The molecule has 1 aromatic carbocycles. The SMILES string of the molecule is COc1ccc2c(c1)[C@]1(CCC2)CCC1=O. The van der Waals surface area contributed by atoms with E-state index in [1.807, 2.05) is 6.07 Å². The first-order valence-corrected chi connectivity index (χ1v) is 5.97. The summed E-state index contributed by atoms with van der Waals surface area (Å²) in [6.45, 7) is 0. The van der Waals surface area contributed by atoms with Crippen molar-refractivity contribution in [3.63, 3.8) is 0 Å². The van der Waals surface area contributed by atoms with E-state index in [2.05, 4.69) is 12.1 Å². The molecule has 2 nitrogen and oxygen atoms in total. The van der Waals surface area contributed by atoms with Crippen LogP contribution in [0.25, 0.3) is 0 Å². The lowest BCUT2D eigenvalue weighted by atomic mass is 9.57. The molecule has 0 N–H and O–H groups in total. The Labute approximate surface area is 95.6 Å². The highest BCUT2D eigenvalue weighted by Gasteiger charge is 2.49. The summed E-state index contributed by atoms with van der Waals surface area (Å²) in [7, 11) is 1.68. The minimum atomic E-state index is -0.137. The topological polar surface area (TPSA) is 26.3 Å². The molecule has 0 amide bonds. The fourth-order valence-electron chi connectivity index (χ4n) is 3.14. The summed E-state index contributed by atoms with van der Waals surface area (Å²) < 4.78 is 5.27. The van der Waals surface area contributed by atoms with E-state index >= 15 is 0 Å². The van der Waals surface area contributed by atoms with Crippen molar-refractivity contribution in [2.45, 2.75) is 37.5 Å². The number of aryl methyl sites for hydroxylation is 1. The number of carbonyl (C=O) groups excluding carboxylic acids is 1. The van der Waals surface area contributed by atoms with Gasteiger partial charge in [-0.1, -0.05) is 6.07 Å². The summed E-state index contributed by atoms with van der Waals surface area (Å²) >= 11 is 0. The van der Waals surface area contributed by atoms with Crippen LogP contribution in [0.4, 0.5) is 0 Å². The van der Waals surface area contributed by atoms with E-state index in [9.17, 15) is 4.79 Å². The van der Waals surface area contributed by atoms with Crippen LogP contribution < -0.4 is 4.74 Å². The Morgan fingerprint density at radius 2 is 2.12 bits per heavy atom. The number of benzene rings is 1. The number of ether oxygens (including phenoxy) is 1. The van der Waals surface area contributed by atoms with Crippen LogP contribution in [-0.4, -0.2) is 12.9 Å². The standard InChI is InChI=1S/C14H16O2/c1-16-11-5-4-10-3-2-7-14(12(10)9-11)8-6-13(14)15/h4-5,9H,2-3,6-8H2,1H3/t14-/m0/s1. The van der Waals surface area contributed by atoms with Gasteiger partial charge in [0.25, 0.3) is 0 Å². The van der Waals surface area contributed by atoms with Gasteiger partial charge >= 0.3 is 0 Å². The zero-order valence-corrected chi connectivity index (χ0v) is 9.58. The zero-order chi connectivity index (χ0) is 11.2. The summed E-state index contributed by atoms with van der Waals surface area (Å²) in [6.07, 6.45) is 5.08. The Kier molecular flexibility index (Phi) is 2.06. The van der Waals surface area contributed by atoms with Crippen molar-refractivity contribution < 1.29 is 9.53 Å². The third kappa shape index (κ3) is 1.16. The quantitative estimate of drug-likeness (QED) is 0.721. The van der Waals surface area contributed by atoms with Crippen LogP contribution in [0.1, 0.15) is 36.8 Å². The molecule has 2 aliphatic carbocycles. The maximum atomic E-state index is 11.9. The molecule has 16 heavy (non-hydrogen) atoms. The van der Waals surface area contributed by atoms with E-state index < -0.39 is 0 Å².